The van der Waals surface area contributed by atoms with Gasteiger partial charge in [0.15, 0.2) is 5.78 Å². The number of benzene rings is 3. The van der Waals surface area contributed by atoms with Crippen LogP contribution in [0.25, 0.3) is 11.3 Å². The van der Waals surface area contributed by atoms with Gasteiger partial charge in [-0.05, 0) is 79.5 Å². The molecule has 454 valence electrons. The number of hydrogen-bond acceptors (Lipinski definition) is 13. The summed E-state index contributed by atoms with van der Waals surface area (Å²) in [7, 11) is 0. The molecule has 1 aliphatic rings. The molecule has 1 aromatic heterocycles. The summed E-state index contributed by atoms with van der Waals surface area (Å²) in [6, 6.07) is 15.0. The van der Waals surface area contributed by atoms with E-state index in [1.807, 2.05) is 51.1 Å². The first-order chi connectivity index (χ1) is 39.5. The number of hydrogen-bond donors (Lipinski definition) is 8. The first-order valence-corrected chi connectivity index (χ1v) is 26.6. The number of ketones is 2. The van der Waals surface area contributed by atoms with E-state index >= 15 is 4.39 Å². The van der Waals surface area contributed by atoms with Crippen molar-refractivity contribution in [3.63, 3.8) is 0 Å². The Morgan fingerprint density at radius 1 is 0.810 bits per heavy atom. The van der Waals surface area contributed by atoms with E-state index in [2.05, 4.69) is 21.3 Å². The number of nitrogens with zero attached hydrogens (tertiary/aromatic N) is 4. The van der Waals surface area contributed by atoms with Crippen LogP contribution in [0.15, 0.2) is 91.1 Å². The molecule has 10 N–H and O–H groups in total. The number of aliphatic carboxylic acids is 1. The first-order valence-electron chi connectivity index (χ1n) is 26.6. The van der Waals surface area contributed by atoms with Gasteiger partial charge in [-0.15, -0.1) is 0 Å². The van der Waals surface area contributed by atoms with E-state index in [9.17, 15) is 65.8 Å². The van der Waals surface area contributed by atoms with E-state index in [-0.39, 0.29) is 88.3 Å². The number of alkyl halides is 3. The molecule has 27 heteroatoms. The van der Waals surface area contributed by atoms with Crippen LogP contribution in [-0.2, 0) is 56.1 Å². The molecule has 3 aromatic carbocycles. The molecule has 84 heavy (non-hydrogen) atoms. The van der Waals surface area contributed by atoms with Crippen LogP contribution in [0.3, 0.4) is 0 Å². The maximum absolute atomic E-state index is 15.1. The van der Waals surface area contributed by atoms with E-state index in [1.165, 1.54) is 24.0 Å². The van der Waals surface area contributed by atoms with Crippen molar-refractivity contribution in [3.8, 4) is 11.3 Å². The van der Waals surface area contributed by atoms with E-state index in [4.69, 9.17) is 26.4 Å². The monoisotopic (exact) mass is 1180 g/mol. The summed E-state index contributed by atoms with van der Waals surface area (Å²) in [5.41, 5.74) is 12.7. The minimum absolute atomic E-state index is 0.0907. The molecule has 1 aliphatic heterocycles. The Balaban J connectivity index is 0.00000203. The Morgan fingerprint density at radius 2 is 1.45 bits per heavy atom. The number of primary amides is 1. The molecule has 4 aromatic rings. The molecule has 0 saturated carbocycles. The third-order valence-corrected chi connectivity index (χ3v) is 13.0. The standard InChI is InChI=1S/C55H68F2N10O10.C2HF3O2/c1-34(45(70)29-37(12-8-24-61-54(59)77)52(75)63-39-17-14-35(15-18-39)28-40(69)13-9-26-66-47(72)20-21-48(66)73)62-46(71)22-25-60-53(76)43(58)23-27-67(49(74)33-68)50(55(2,3)4)51-64-44(41-30-38(56)16-19-42(41)57)32-65(51)31-36-10-6-5-7-11-36;3-2(4,5)1(6)7/h5-7,10-11,14-21,30,32,34,37,43,50,68H,8-9,12-13,22-29,31,33,58H2,1-4H3,(H,60,76)(H,62,71)(H,63,75)(H3,59,61,77);(H,6,7)/t34-,37+,43-,50-;/m0./s1. The fourth-order valence-electron chi connectivity index (χ4n) is 8.75. The van der Waals surface area contributed by atoms with Gasteiger partial charge in [-0.3, -0.25) is 43.3 Å². The molecule has 0 radical (unpaired) electrons. The zero-order valence-electron chi connectivity index (χ0n) is 46.7. The van der Waals surface area contributed by atoms with Gasteiger partial charge in [0.05, 0.1) is 23.8 Å². The molecule has 2 heterocycles. The summed E-state index contributed by atoms with van der Waals surface area (Å²) in [4.78, 5) is 130. The third kappa shape index (κ3) is 21.6. The SMILES string of the molecule is C[C@H](NC(=O)CCNC(=O)[C@@H](N)CCN(C(=O)CO)[C@@H](c1nc(-c2cc(F)ccc2F)cn1Cc1ccccc1)C(C)(C)C)C(=O)C[C@@H](CCCNC(N)=O)C(=O)Nc1ccc(CC(=O)CCCN2C(=O)C=CC2=O)cc1.O=C(O)C(F)(F)F. The van der Waals surface area contributed by atoms with E-state index in [0.29, 0.717) is 29.9 Å². The average molecular weight is 1180 g/mol. The van der Waals surface area contributed by atoms with Crippen LogP contribution in [0.4, 0.5) is 32.4 Å². The number of imidazole rings is 1. The number of carboxylic acids is 1. The van der Waals surface area contributed by atoms with Crippen molar-refractivity contribution in [3.05, 3.63) is 120 Å². The second-order valence-electron chi connectivity index (χ2n) is 20.7. The number of anilines is 1. The lowest BCUT2D eigenvalue weighted by Gasteiger charge is -2.40. The minimum atomic E-state index is -5.08. The number of aliphatic hydroxyl groups excluding tert-OH is 1. The molecule has 4 atom stereocenters. The summed E-state index contributed by atoms with van der Waals surface area (Å²) in [6.45, 7) is 6.31. The summed E-state index contributed by atoms with van der Waals surface area (Å²) < 4.78 is 63.0. The number of aliphatic hydroxyl groups is 1. The number of nitrogens with one attached hydrogen (secondary N) is 4. The number of amides is 8. The molecule has 22 nitrogen and oxygen atoms in total. The van der Waals surface area contributed by atoms with Crippen molar-refractivity contribution >= 4 is 64.7 Å². The van der Waals surface area contributed by atoms with Crippen molar-refractivity contribution in [2.75, 3.05) is 38.1 Å². The van der Waals surface area contributed by atoms with E-state index in [1.54, 1.807) is 35.0 Å². The molecule has 0 fully saturated rings. The second kappa shape index (κ2) is 31.6. The highest BCUT2D eigenvalue weighted by atomic mass is 19.4. The Labute approximate surface area is 480 Å². The molecule has 0 bridgehead atoms. The summed E-state index contributed by atoms with van der Waals surface area (Å²) in [5.74, 6) is -8.54. The molecular formula is C57H69F5N10O12. The largest absolute Gasteiger partial charge is 0.490 e. The quantitative estimate of drug-likeness (QED) is 0.0209. The fourth-order valence-corrected chi connectivity index (χ4v) is 8.75. The molecular weight excluding hydrogens is 1110 g/mol. The highest BCUT2D eigenvalue weighted by Crippen LogP contribution is 2.40. The lowest BCUT2D eigenvalue weighted by molar-refractivity contribution is -0.192. The maximum atomic E-state index is 15.1. The van der Waals surface area contributed by atoms with Crippen LogP contribution in [0.2, 0.25) is 0 Å². The highest BCUT2D eigenvalue weighted by molar-refractivity contribution is 6.12. The lowest BCUT2D eigenvalue weighted by atomic mass is 9.84. The molecule has 8 amide bonds. The predicted octanol–water partition coefficient (Wildman–Crippen LogP) is 4.63. The number of nitrogens with two attached hydrogens (primary N) is 2. The number of rotatable bonds is 29. The van der Waals surface area contributed by atoms with Gasteiger partial charge in [0, 0.05) is 93.9 Å². The van der Waals surface area contributed by atoms with Crippen LogP contribution in [0, 0.1) is 23.0 Å². The lowest BCUT2D eigenvalue weighted by Crippen LogP contribution is -2.48. The summed E-state index contributed by atoms with van der Waals surface area (Å²) >= 11 is 0. The van der Waals surface area contributed by atoms with Crippen molar-refractivity contribution in [2.24, 2.45) is 22.8 Å². The summed E-state index contributed by atoms with van der Waals surface area (Å²) in [6.07, 6.45) is -0.737. The van der Waals surface area contributed by atoms with Crippen molar-refractivity contribution in [1.82, 2.24) is 35.3 Å². The van der Waals surface area contributed by atoms with Gasteiger partial charge in [0.1, 0.15) is 29.8 Å². The number of imide groups is 1. The Bertz CT molecular complexity index is 3000. The van der Waals surface area contributed by atoms with Gasteiger partial charge >= 0.3 is 18.2 Å². The zero-order valence-corrected chi connectivity index (χ0v) is 46.7. The zero-order chi connectivity index (χ0) is 62.5. The fraction of sp³-hybridized carbons (Fsp3) is 0.421. The topological polar surface area (TPSA) is 336 Å². The van der Waals surface area contributed by atoms with Crippen LogP contribution in [0.5, 0.6) is 0 Å². The second-order valence-corrected chi connectivity index (χ2v) is 20.7. The number of carboxylic acid groups (broad SMARTS) is 1. The molecule has 0 spiro atoms. The number of urea groups is 1. The Kier molecular flexibility index (Phi) is 25.5. The maximum Gasteiger partial charge on any atom is 0.490 e. The van der Waals surface area contributed by atoms with Gasteiger partial charge in [-0.2, -0.15) is 13.2 Å². The van der Waals surface area contributed by atoms with Gasteiger partial charge in [0.2, 0.25) is 23.6 Å². The molecule has 0 unspecified atom stereocenters. The van der Waals surface area contributed by atoms with Crippen LogP contribution < -0.4 is 32.7 Å². The van der Waals surface area contributed by atoms with Crippen molar-refractivity contribution < 1.29 is 80.1 Å². The minimum Gasteiger partial charge on any atom is -0.475 e. The van der Waals surface area contributed by atoms with Gasteiger partial charge in [-0.1, -0.05) is 63.2 Å². The van der Waals surface area contributed by atoms with E-state index < -0.39 is 107 Å². The number of carbonyl (C=O) groups excluding carboxylic acids is 9. The first kappa shape index (κ1) is 67.8. The number of aromatic nitrogens is 2. The Morgan fingerprint density at radius 3 is 2.05 bits per heavy atom. The number of halogens is 5. The Hall–Kier alpha value is -8.72. The highest BCUT2D eigenvalue weighted by Gasteiger charge is 2.40. The van der Waals surface area contributed by atoms with Crippen LogP contribution >= 0.6 is 0 Å². The van der Waals surface area contributed by atoms with Gasteiger partial charge in [0.25, 0.3) is 11.8 Å². The molecule has 0 saturated heterocycles. The third-order valence-electron chi connectivity index (χ3n) is 13.0. The normalized spacial score (nSPS) is 13.6. The van der Waals surface area contributed by atoms with Crippen LogP contribution in [-0.4, -0.2) is 140 Å². The van der Waals surface area contributed by atoms with Gasteiger partial charge < -0.3 is 52.4 Å². The number of Topliss-reactive ketones (excluding diaryl/α,β-unsaturated/α-hetero) is 2. The molecule has 0 aliphatic carbocycles. The number of carbonyl (C=O) groups is 10. The average Bonchev–Trinajstić information content (AvgIpc) is 4.11. The smallest absolute Gasteiger partial charge is 0.475 e. The van der Waals surface area contributed by atoms with E-state index in [0.717, 1.165) is 28.7 Å². The van der Waals surface area contributed by atoms with Crippen LogP contribution in [0.1, 0.15) is 95.6 Å². The summed E-state index contributed by atoms with van der Waals surface area (Å²) in [5, 5.41) is 27.7. The predicted molar refractivity (Wildman–Crippen MR) is 294 cm³/mol. The van der Waals surface area contributed by atoms with Crippen molar-refractivity contribution in [2.45, 2.75) is 110 Å². The van der Waals surface area contributed by atoms with Gasteiger partial charge in [-0.25, -0.2) is 23.4 Å². The van der Waals surface area contributed by atoms with Crippen molar-refractivity contribution in [1.29, 1.82) is 0 Å². The molecule has 5 rings (SSSR count).